The van der Waals surface area contributed by atoms with E-state index in [2.05, 4.69) is 12.2 Å². The van der Waals surface area contributed by atoms with Crippen molar-refractivity contribution in [2.75, 3.05) is 23.9 Å². The molecule has 1 aromatic carbocycles. The highest BCUT2D eigenvalue weighted by Gasteiger charge is 2.25. The number of rotatable bonds is 4. The molecule has 2 amide bonds. The second kappa shape index (κ2) is 7.35. The number of methoxy groups -OCH3 is 1. The molecule has 6 heteroatoms. The molecule has 27 heavy (non-hydrogen) atoms. The van der Waals surface area contributed by atoms with Gasteiger partial charge in [-0.2, -0.15) is 0 Å². The van der Waals surface area contributed by atoms with Crippen LogP contribution in [0, 0.1) is 5.92 Å². The molecule has 4 rings (SSSR count). The maximum atomic E-state index is 12.7. The molecule has 2 aromatic rings. The Bertz CT molecular complexity index is 890. The van der Waals surface area contributed by atoms with Crippen LogP contribution in [-0.4, -0.2) is 25.5 Å². The van der Waals surface area contributed by atoms with E-state index in [1.807, 2.05) is 18.2 Å². The van der Waals surface area contributed by atoms with Gasteiger partial charge in [0.05, 0.1) is 17.7 Å². The SMILES string of the molecule is COc1cc(NC(=O)c2cc3c(s2)CCC(C)C3)ccc1N1CCCC1=O. The minimum atomic E-state index is -0.0888. The van der Waals surface area contributed by atoms with Gasteiger partial charge in [-0.3, -0.25) is 9.59 Å². The number of amides is 2. The van der Waals surface area contributed by atoms with E-state index in [0.29, 0.717) is 30.3 Å². The summed E-state index contributed by atoms with van der Waals surface area (Å²) in [5, 5.41) is 2.97. The molecule has 0 bridgehead atoms. The van der Waals surface area contributed by atoms with Crippen LogP contribution < -0.4 is 15.0 Å². The first kappa shape index (κ1) is 18.0. The fourth-order valence-electron chi connectivity index (χ4n) is 3.89. The maximum absolute atomic E-state index is 12.7. The minimum absolute atomic E-state index is 0.0888. The summed E-state index contributed by atoms with van der Waals surface area (Å²) in [7, 11) is 1.58. The number of aryl methyl sites for hydroxylation is 1. The van der Waals surface area contributed by atoms with Crippen LogP contribution in [0.5, 0.6) is 5.75 Å². The fourth-order valence-corrected chi connectivity index (χ4v) is 5.00. The van der Waals surface area contributed by atoms with Crippen molar-refractivity contribution in [2.45, 2.75) is 39.0 Å². The first-order valence-corrected chi connectivity index (χ1v) is 10.3. The van der Waals surface area contributed by atoms with Gasteiger partial charge in [-0.15, -0.1) is 11.3 Å². The van der Waals surface area contributed by atoms with Gasteiger partial charge < -0.3 is 15.0 Å². The molecule has 1 unspecified atom stereocenters. The molecule has 1 aliphatic heterocycles. The largest absolute Gasteiger partial charge is 0.494 e. The lowest BCUT2D eigenvalue weighted by molar-refractivity contribution is -0.117. The van der Waals surface area contributed by atoms with Gasteiger partial charge in [-0.1, -0.05) is 6.92 Å². The van der Waals surface area contributed by atoms with Gasteiger partial charge in [-0.25, -0.2) is 0 Å². The summed E-state index contributed by atoms with van der Waals surface area (Å²) >= 11 is 1.60. The van der Waals surface area contributed by atoms with Gasteiger partial charge in [0.1, 0.15) is 5.75 Å². The molecular weight excluding hydrogens is 360 g/mol. The number of benzene rings is 1. The second-order valence-corrected chi connectivity index (χ2v) is 8.53. The Morgan fingerprint density at radius 1 is 1.30 bits per heavy atom. The van der Waals surface area contributed by atoms with E-state index in [4.69, 9.17) is 4.74 Å². The molecule has 0 saturated carbocycles. The Morgan fingerprint density at radius 2 is 2.15 bits per heavy atom. The van der Waals surface area contributed by atoms with Crippen LogP contribution in [0.25, 0.3) is 0 Å². The number of anilines is 2. The lowest BCUT2D eigenvalue weighted by Crippen LogP contribution is -2.24. The van der Waals surface area contributed by atoms with Crippen LogP contribution in [-0.2, 0) is 17.6 Å². The molecule has 142 valence electrons. The van der Waals surface area contributed by atoms with Crippen LogP contribution in [0.4, 0.5) is 11.4 Å². The molecule has 2 heterocycles. The summed E-state index contributed by atoms with van der Waals surface area (Å²) in [6.45, 7) is 2.97. The lowest BCUT2D eigenvalue weighted by atomic mass is 9.90. The van der Waals surface area contributed by atoms with E-state index in [9.17, 15) is 9.59 Å². The highest BCUT2D eigenvalue weighted by atomic mass is 32.1. The zero-order valence-corrected chi connectivity index (χ0v) is 16.5. The van der Waals surface area contributed by atoms with Gasteiger partial charge in [-0.05, 0) is 55.4 Å². The van der Waals surface area contributed by atoms with Crippen molar-refractivity contribution in [3.05, 3.63) is 39.6 Å². The van der Waals surface area contributed by atoms with E-state index in [-0.39, 0.29) is 11.8 Å². The van der Waals surface area contributed by atoms with Crippen molar-refractivity contribution in [3.8, 4) is 5.75 Å². The van der Waals surface area contributed by atoms with Crippen molar-refractivity contribution in [2.24, 2.45) is 5.92 Å². The van der Waals surface area contributed by atoms with Crippen molar-refractivity contribution < 1.29 is 14.3 Å². The average Bonchev–Trinajstić information content (AvgIpc) is 3.27. The Hall–Kier alpha value is -2.34. The summed E-state index contributed by atoms with van der Waals surface area (Å²) in [5.74, 6) is 1.31. The van der Waals surface area contributed by atoms with Gasteiger partial charge in [0.25, 0.3) is 5.91 Å². The number of fused-ring (bicyclic) bond motifs is 1. The summed E-state index contributed by atoms with van der Waals surface area (Å²) in [6.07, 6.45) is 4.76. The number of thiophene rings is 1. The molecule has 1 aliphatic carbocycles. The van der Waals surface area contributed by atoms with Crippen molar-refractivity contribution in [1.82, 2.24) is 0 Å². The molecule has 0 radical (unpaired) electrons. The summed E-state index contributed by atoms with van der Waals surface area (Å²) in [4.78, 5) is 28.6. The third kappa shape index (κ3) is 3.58. The van der Waals surface area contributed by atoms with E-state index in [1.54, 1.807) is 29.4 Å². The molecule has 1 atom stereocenters. The van der Waals surface area contributed by atoms with Crippen LogP contribution in [0.1, 0.15) is 46.3 Å². The molecule has 1 N–H and O–H groups in total. The lowest BCUT2D eigenvalue weighted by Gasteiger charge is -2.19. The number of ether oxygens (including phenoxy) is 1. The highest BCUT2D eigenvalue weighted by molar-refractivity contribution is 7.14. The number of carbonyl (C=O) groups is 2. The highest BCUT2D eigenvalue weighted by Crippen LogP contribution is 2.35. The van der Waals surface area contributed by atoms with Gasteiger partial charge in [0.15, 0.2) is 0 Å². The second-order valence-electron chi connectivity index (χ2n) is 7.40. The summed E-state index contributed by atoms with van der Waals surface area (Å²) in [6, 6.07) is 7.50. The first-order valence-electron chi connectivity index (χ1n) is 9.46. The minimum Gasteiger partial charge on any atom is -0.494 e. The van der Waals surface area contributed by atoms with Gasteiger partial charge >= 0.3 is 0 Å². The smallest absolute Gasteiger partial charge is 0.265 e. The number of hydrogen-bond acceptors (Lipinski definition) is 4. The number of nitrogens with one attached hydrogen (secondary N) is 1. The molecule has 1 saturated heterocycles. The molecule has 1 aromatic heterocycles. The first-order chi connectivity index (χ1) is 13.0. The van der Waals surface area contributed by atoms with E-state index in [0.717, 1.165) is 29.8 Å². The average molecular weight is 385 g/mol. The van der Waals surface area contributed by atoms with E-state index >= 15 is 0 Å². The number of nitrogens with zero attached hydrogens (tertiary/aromatic N) is 1. The topological polar surface area (TPSA) is 58.6 Å². The van der Waals surface area contributed by atoms with Crippen molar-refractivity contribution in [1.29, 1.82) is 0 Å². The Labute approximate surface area is 163 Å². The monoisotopic (exact) mass is 384 g/mol. The molecule has 5 nitrogen and oxygen atoms in total. The quantitative estimate of drug-likeness (QED) is 0.857. The Balaban J connectivity index is 1.52. The predicted octanol–water partition coefficient (Wildman–Crippen LogP) is 4.26. The zero-order chi connectivity index (χ0) is 19.0. The van der Waals surface area contributed by atoms with E-state index in [1.165, 1.54) is 16.9 Å². The summed E-state index contributed by atoms with van der Waals surface area (Å²) < 4.78 is 5.47. The molecule has 2 aliphatic rings. The Morgan fingerprint density at radius 3 is 2.89 bits per heavy atom. The van der Waals surface area contributed by atoms with Crippen LogP contribution >= 0.6 is 11.3 Å². The number of hydrogen-bond donors (Lipinski definition) is 1. The predicted molar refractivity (Wildman–Crippen MR) is 108 cm³/mol. The van der Waals surface area contributed by atoms with Gasteiger partial charge in [0, 0.05) is 29.6 Å². The Kier molecular flexibility index (Phi) is 4.91. The molecule has 1 fully saturated rings. The molecular formula is C21H24N2O3S. The standard InChI is InChI=1S/C21H24N2O3S/c1-13-5-8-18-14(10-13)11-19(27-18)21(25)22-15-6-7-16(17(12-15)26-2)23-9-3-4-20(23)24/h6-7,11-13H,3-5,8-10H2,1-2H3,(H,22,25). The number of carbonyl (C=O) groups excluding carboxylic acids is 2. The van der Waals surface area contributed by atoms with E-state index < -0.39 is 0 Å². The third-order valence-electron chi connectivity index (χ3n) is 5.35. The molecule has 0 spiro atoms. The van der Waals surface area contributed by atoms with Crippen LogP contribution in [0.3, 0.4) is 0 Å². The van der Waals surface area contributed by atoms with Gasteiger partial charge in [0.2, 0.25) is 5.91 Å². The van der Waals surface area contributed by atoms with Crippen LogP contribution in [0.2, 0.25) is 0 Å². The normalized spacial score (nSPS) is 19.1. The van der Waals surface area contributed by atoms with Crippen molar-refractivity contribution >= 4 is 34.5 Å². The maximum Gasteiger partial charge on any atom is 0.265 e. The van der Waals surface area contributed by atoms with Crippen LogP contribution in [0.15, 0.2) is 24.3 Å². The fraction of sp³-hybridized carbons (Fsp3) is 0.429. The summed E-state index contributed by atoms with van der Waals surface area (Å²) in [5.41, 5.74) is 2.76. The zero-order valence-electron chi connectivity index (χ0n) is 15.7. The third-order valence-corrected chi connectivity index (χ3v) is 6.59. The van der Waals surface area contributed by atoms with Crippen molar-refractivity contribution in [3.63, 3.8) is 0 Å².